The molecule has 0 saturated carbocycles. The highest BCUT2D eigenvalue weighted by atomic mass is 19.4. The summed E-state index contributed by atoms with van der Waals surface area (Å²) in [6.45, 7) is 0. The van der Waals surface area contributed by atoms with Crippen LogP contribution in [0.4, 0.5) is 18.9 Å². The molecular weight excluding hydrogens is 363 g/mol. The quantitative estimate of drug-likeness (QED) is 0.531. The number of anilines is 1. The van der Waals surface area contributed by atoms with Crippen LogP contribution >= 0.6 is 0 Å². The lowest BCUT2D eigenvalue weighted by Gasteiger charge is -2.09. The number of nitrogens with one attached hydrogen (secondary N) is 2. The van der Waals surface area contributed by atoms with Crippen LogP contribution in [0.25, 0.3) is 0 Å². The number of rotatable bonds is 6. The molecule has 0 spiro atoms. The zero-order valence-corrected chi connectivity index (χ0v) is 14.0. The van der Waals surface area contributed by atoms with Crippen LogP contribution in [0.2, 0.25) is 0 Å². The van der Waals surface area contributed by atoms with Gasteiger partial charge in [0.1, 0.15) is 5.75 Å². The van der Waals surface area contributed by atoms with Gasteiger partial charge in [-0.1, -0.05) is 18.2 Å². The summed E-state index contributed by atoms with van der Waals surface area (Å²) < 4.78 is 37.9. The highest BCUT2D eigenvalue weighted by Crippen LogP contribution is 2.30. The largest absolute Gasteiger partial charge is 0.508 e. The van der Waals surface area contributed by atoms with Gasteiger partial charge in [0, 0.05) is 18.5 Å². The number of halogens is 3. The summed E-state index contributed by atoms with van der Waals surface area (Å²) >= 11 is 0. The first-order chi connectivity index (χ1) is 12.7. The van der Waals surface area contributed by atoms with Crippen molar-refractivity contribution in [3.05, 3.63) is 59.7 Å². The molecule has 0 atom stereocenters. The van der Waals surface area contributed by atoms with Crippen LogP contribution in [-0.2, 0) is 15.8 Å². The standard InChI is InChI=1S/C18H16F3N3O3/c19-18(20,21)13-4-2-5-14(10-13)23-16(26)7-8-17(27)24-22-11-12-3-1-6-15(25)9-12/h1-6,9-11,25H,7-8H2,(H,23,26)(H,24,27). The van der Waals surface area contributed by atoms with Crippen LogP contribution in [0.15, 0.2) is 53.6 Å². The van der Waals surface area contributed by atoms with Crippen molar-refractivity contribution in [3.63, 3.8) is 0 Å². The number of amides is 2. The maximum Gasteiger partial charge on any atom is 0.416 e. The van der Waals surface area contributed by atoms with Crippen molar-refractivity contribution in [3.8, 4) is 5.75 Å². The molecule has 0 unspecified atom stereocenters. The average molecular weight is 379 g/mol. The van der Waals surface area contributed by atoms with Crippen LogP contribution in [0.3, 0.4) is 0 Å². The van der Waals surface area contributed by atoms with Crippen LogP contribution in [0.1, 0.15) is 24.0 Å². The molecular formula is C18H16F3N3O3. The van der Waals surface area contributed by atoms with E-state index in [2.05, 4.69) is 15.8 Å². The van der Waals surface area contributed by atoms with Gasteiger partial charge in [0.25, 0.3) is 0 Å². The number of carbonyl (C=O) groups is 2. The van der Waals surface area contributed by atoms with Crippen LogP contribution in [-0.4, -0.2) is 23.1 Å². The van der Waals surface area contributed by atoms with Crippen molar-refractivity contribution in [1.29, 1.82) is 0 Å². The van der Waals surface area contributed by atoms with Gasteiger partial charge in [0.15, 0.2) is 0 Å². The summed E-state index contributed by atoms with van der Waals surface area (Å²) in [5, 5.41) is 15.3. The van der Waals surface area contributed by atoms with Crippen LogP contribution < -0.4 is 10.7 Å². The lowest BCUT2D eigenvalue weighted by Crippen LogP contribution is -2.20. The molecule has 0 aliphatic rings. The highest BCUT2D eigenvalue weighted by Gasteiger charge is 2.30. The third-order valence-corrected chi connectivity index (χ3v) is 3.33. The zero-order valence-electron chi connectivity index (χ0n) is 14.0. The van der Waals surface area contributed by atoms with Gasteiger partial charge in [-0.05, 0) is 35.9 Å². The number of hydrazone groups is 1. The first-order valence-corrected chi connectivity index (χ1v) is 7.82. The normalized spacial score (nSPS) is 11.4. The molecule has 9 heteroatoms. The van der Waals surface area contributed by atoms with Gasteiger partial charge in [0.2, 0.25) is 11.8 Å². The second-order valence-electron chi connectivity index (χ2n) is 5.51. The van der Waals surface area contributed by atoms with E-state index in [1.807, 2.05) is 0 Å². The maximum atomic E-state index is 12.6. The van der Waals surface area contributed by atoms with Crippen molar-refractivity contribution in [1.82, 2.24) is 5.43 Å². The fourth-order valence-electron chi connectivity index (χ4n) is 2.06. The molecule has 0 bridgehead atoms. The highest BCUT2D eigenvalue weighted by molar-refractivity contribution is 5.93. The predicted molar refractivity (Wildman–Crippen MR) is 93.2 cm³/mol. The van der Waals surface area contributed by atoms with E-state index in [4.69, 9.17) is 0 Å². The number of hydrogen-bond donors (Lipinski definition) is 3. The number of phenolic OH excluding ortho intramolecular Hbond substituents is 1. The third kappa shape index (κ3) is 6.81. The fourth-order valence-corrected chi connectivity index (χ4v) is 2.06. The topological polar surface area (TPSA) is 90.8 Å². The molecule has 27 heavy (non-hydrogen) atoms. The van der Waals surface area contributed by atoms with Crippen molar-refractivity contribution in [2.45, 2.75) is 19.0 Å². The van der Waals surface area contributed by atoms with Gasteiger partial charge in [0.05, 0.1) is 11.8 Å². The van der Waals surface area contributed by atoms with Crippen molar-refractivity contribution in [2.75, 3.05) is 5.32 Å². The molecule has 0 aliphatic carbocycles. The molecule has 0 radical (unpaired) electrons. The smallest absolute Gasteiger partial charge is 0.416 e. The Morgan fingerprint density at radius 2 is 1.74 bits per heavy atom. The van der Waals surface area contributed by atoms with E-state index in [-0.39, 0.29) is 24.3 Å². The van der Waals surface area contributed by atoms with Gasteiger partial charge in [-0.3, -0.25) is 9.59 Å². The number of nitrogens with zero attached hydrogens (tertiary/aromatic N) is 1. The number of benzene rings is 2. The summed E-state index contributed by atoms with van der Waals surface area (Å²) in [7, 11) is 0. The minimum Gasteiger partial charge on any atom is -0.508 e. The molecule has 2 rings (SSSR count). The summed E-state index contributed by atoms with van der Waals surface area (Å²) in [5.74, 6) is -1.08. The molecule has 0 saturated heterocycles. The van der Waals surface area contributed by atoms with E-state index in [9.17, 15) is 27.9 Å². The van der Waals surface area contributed by atoms with Crippen molar-refractivity contribution >= 4 is 23.7 Å². The Kier molecular flexibility index (Phi) is 6.53. The first kappa shape index (κ1) is 20.0. The third-order valence-electron chi connectivity index (χ3n) is 3.33. The molecule has 0 fully saturated rings. The minimum atomic E-state index is -4.51. The molecule has 142 valence electrons. The van der Waals surface area contributed by atoms with Gasteiger partial charge in [-0.2, -0.15) is 18.3 Å². The summed E-state index contributed by atoms with van der Waals surface area (Å²) in [6.07, 6.45) is -3.60. The average Bonchev–Trinajstić information content (AvgIpc) is 2.59. The fraction of sp³-hybridized carbons (Fsp3) is 0.167. The second kappa shape index (κ2) is 8.84. The maximum absolute atomic E-state index is 12.6. The Labute approximate surface area is 152 Å². The monoisotopic (exact) mass is 379 g/mol. The molecule has 2 aromatic rings. The van der Waals surface area contributed by atoms with E-state index >= 15 is 0 Å². The lowest BCUT2D eigenvalue weighted by molar-refractivity contribution is -0.137. The zero-order chi connectivity index (χ0) is 19.9. The second-order valence-corrected chi connectivity index (χ2v) is 5.51. The van der Waals surface area contributed by atoms with E-state index in [1.165, 1.54) is 30.5 Å². The molecule has 6 nitrogen and oxygen atoms in total. The van der Waals surface area contributed by atoms with Gasteiger partial charge in [-0.25, -0.2) is 5.43 Å². The lowest BCUT2D eigenvalue weighted by atomic mass is 10.2. The molecule has 0 heterocycles. The summed E-state index contributed by atoms with van der Waals surface area (Å²) in [5.41, 5.74) is 1.91. The summed E-state index contributed by atoms with van der Waals surface area (Å²) in [4.78, 5) is 23.4. The number of carbonyl (C=O) groups excluding carboxylic acids is 2. The number of hydrogen-bond acceptors (Lipinski definition) is 4. The Morgan fingerprint density at radius 3 is 2.44 bits per heavy atom. The molecule has 0 aliphatic heterocycles. The first-order valence-electron chi connectivity index (χ1n) is 7.82. The Morgan fingerprint density at radius 1 is 1.04 bits per heavy atom. The number of aromatic hydroxyl groups is 1. The van der Waals surface area contributed by atoms with E-state index in [0.29, 0.717) is 5.56 Å². The van der Waals surface area contributed by atoms with E-state index < -0.39 is 23.6 Å². The molecule has 2 amide bonds. The molecule has 0 aromatic heterocycles. The summed E-state index contributed by atoms with van der Waals surface area (Å²) in [6, 6.07) is 10.4. The van der Waals surface area contributed by atoms with E-state index in [0.717, 1.165) is 12.1 Å². The Balaban J connectivity index is 1.79. The molecule has 3 N–H and O–H groups in total. The number of alkyl halides is 3. The minimum absolute atomic E-state index is 0.00265. The van der Waals surface area contributed by atoms with Gasteiger partial charge >= 0.3 is 6.18 Å². The van der Waals surface area contributed by atoms with Crippen molar-refractivity contribution in [2.24, 2.45) is 5.10 Å². The van der Waals surface area contributed by atoms with Gasteiger partial charge < -0.3 is 10.4 Å². The number of phenols is 1. The Hall–Kier alpha value is -3.36. The predicted octanol–water partition coefficient (Wildman–Crippen LogP) is 3.28. The molecule has 2 aromatic carbocycles. The SMILES string of the molecule is O=C(CCC(=O)Nc1cccc(C(F)(F)F)c1)NN=Cc1cccc(O)c1. The van der Waals surface area contributed by atoms with Crippen LogP contribution in [0.5, 0.6) is 5.75 Å². The van der Waals surface area contributed by atoms with Crippen LogP contribution in [0, 0.1) is 0 Å². The van der Waals surface area contributed by atoms with E-state index in [1.54, 1.807) is 12.1 Å². The van der Waals surface area contributed by atoms with Gasteiger partial charge in [-0.15, -0.1) is 0 Å². The van der Waals surface area contributed by atoms with Crippen molar-refractivity contribution < 1.29 is 27.9 Å². The Bertz CT molecular complexity index is 851.